The molecule has 0 aliphatic rings. The van der Waals surface area contributed by atoms with Crippen molar-refractivity contribution in [2.75, 3.05) is 14.2 Å². The van der Waals surface area contributed by atoms with Gasteiger partial charge in [-0.25, -0.2) is 9.59 Å². The van der Waals surface area contributed by atoms with E-state index < -0.39 is 17.7 Å². The molecule has 6 nitrogen and oxygen atoms in total. The van der Waals surface area contributed by atoms with Crippen LogP contribution in [0.25, 0.3) is 22.1 Å². The van der Waals surface area contributed by atoms with Gasteiger partial charge in [0.05, 0.1) is 14.2 Å². The SMILES string of the molecule is COC(=O)[C@H](Oc1ccc2c(-c3ccc(OC)cc3)cc(=O)oc2c1)c1ccccc1. The highest BCUT2D eigenvalue weighted by molar-refractivity contribution is 5.93. The number of ether oxygens (including phenoxy) is 3. The van der Waals surface area contributed by atoms with Crippen LogP contribution < -0.4 is 15.1 Å². The first-order chi connectivity index (χ1) is 15.1. The highest BCUT2D eigenvalue weighted by Crippen LogP contribution is 2.32. The number of esters is 1. The summed E-state index contributed by atoms with van der Waals surface area (Å²) in [5, 5.41) is 0.742. The van der Waals surface area contributed by atoms with E-state index in [4.69, 9.17) is 18.6 Å². The van der Waals surface area contributed by atoms with Crippen molar-refractivity contribution in [1.82, 2.24) is 0 Å². The maximum absolute atomic E-state index is 12.3. The molecular formula is C25H20O6. The Morgan fingerprint density at radius 3 is 2.26 bits per heavy atom. The molecule has 1 atom stereocenters. The normalized spacial score (nSPS) is 11.7. The lowest BCUT2D eigenvalue weighted by Crippen LogP contribution is -2.20. The van der Waals surface area contributed by atoms with E-state index in [0.29, 0.717) is 16.9 Å². The van der Waals surface area contributed by atoms with E-state index in [1.54, 1.807) is 37.4 Å². The van der Waals surface area contributed by atoms with Gasteiger partial charge in [0.15, 0.2) is 0 Å². The highest BCUT2D eigenvalue weighted by Gasteiger charge is 2.23. The van der Waals surface area contributed by atoms with Gasteiger partial charge in [0, 0.05) is 23.1 Å². The fourth-order valence-electron chi connectivity index (χ4n) is 3.35. The number of hydrogen-bond acceptors (Lipinski definition) is 6. The van der Waals surface area contributed by atoms with Gasteiger partial charge in [-0.3, -0.25) is 0 Å². The standard InChI is InChI=1S/C25H20O6/c1-28-18-10-8-16(9-11-18)21-15-23(26)31-22-14-19(12-13-20(21)22)30-24(25(27)29-2)17-6-4-3-5-7-17/h3-15,24H,1-2H3/t24-/m1/s1. The van der Waals surface area contributed by atoms with Crippen LogP contribution in [0.2, 0.25) is 0 Å². The Morgan fingerprint density at radius 2 is 1.58 bits per heavy atom. The zero-order chi connectivity index (χ0) is 21.8. The lowest BCUT2D eigenvalue weighted by molar-refractivity contribution is -0.149. The third kappa shape index (κ3) is 4.28. The third-order valence-electron chi connectivity index (χ3n) is 4.89. The van der Waals surface area contributed by atoms with Crippen LogP contribution in [0.3, 0.4) is 0 Å². The smallest absolute Gasteiger partial charge is 0.351 e. The lowest BCUT2D eigenvalue weighted by atomic mass is 10.0. The van der Waals surface area contributed by atoms with Crippen molar-refractivity contribution in [3.63, 3.8) is 0 Å². The minimum Gasteiger partial charge on any atom is -0.497 e. The Hall–Kier alpha value is -4.06. The first-order valence-corrected chi connectivity index (χ1v) is 9.61. The largest absolute Gasteiger partial charge is 0.497 e. The van der Waals surface area contributed by atoms with Crippen LogP contribution in [-0.4, -0.2) is 20.2 Å². The zero-order valence-electron chi connectivity index (χ0n) is 17.0. The molecule has 1 aromatic heterocycles. The van der Waals surface area contributed by atoms with Gasteiger partial charge in [0.1, 0.15) is 17.1 Å². The Morgan fingerprint density at radius 1 is 0.871 bits per heavy atom. The average Bonchev–Trinajstić information content (AvgIpc) is 2.82. The molecule has 1 heterocycles. The number of carbonyl (C=O) groups is 1. The molecule has 0 unspecified atom stereocenters. The van der Waals surface area contributed by atoms with Crippen LogP contribution in [0.15, 0.2) is 88.1 Å². The Kier molecular flexibility index (Phi) is 5.71. The molecule has 0 saturated carbocycles. The summed E-state index contributed by atoms with van der Waals surface area (Å²) < 4.78 is 21.4. The molecule has 0 radical (unpaired) electrons. The first kappa shape index (κ1) is 20.2. The van der Waals surface area contributed by atoms with Crippen LogP contribution in [0.5, 0.6) is 11.5 Å². The second kappa shape index (κ2) is 8.75. The number of fused-ring (bicyclic) bond motifs is 1. The fourth-order valence-corrected chi connectivity index (χ4v) is 3.35. The van der Waals surface area contributed by atoms with Gasteiger partial charge in [0.25, 0.3) is 0 Å². The van der Waals surface area contributed by atoms with Gasteiger partial charge in [-0.15, -0.1) is 0 Å². The van der Waals surface area contributed by atoms with Crippen molar-refractivity contribution in [3.8, 4) is 22.6 Å². The van der Waals surface area contributed by atoms with Gasteiger partial charge >= 0.3 is 11.6 Å². The highest BCUT2D eigenvalue weighted by atomic mass is 16.6. The van der Waals surface area contributed by atoms with E-state index in [9.17, 15) is 9.59 Å². The van der Waals surface area contributed by atoms with Gasteiger partial charge in [-0.2, -0.15) is 0 Å². The monoisotopic (exact) mass is 416 g/mol. The van der Waals surface area contributed by atoms with Crippen LogP contribution in [-0.2, 0) is 9.53 Å². The summed E-state index contributed by atoms with van der Waals surface area (Å²) in [5.74, 6) is 0.572. The molecule has 0 saturated heterocycles. The van der Waals surface area contributed by atoms with Crippen molar-refractivity contribution in [2.24, 2.45) is 0 Å². The van der Waals surface area contributed by atoms with Gasteiger partial charge in [0.2, 0.25) is 6.10 Å². The molecule has 0 aliphatic carbocycles. The van der Waals surface area contributed by atoms with Gasteiger partial charge in [-0.1, -0.05) is 42.5 Å². The number of methoxy groups -OCH3 is 2. The molecule has 0 bridgehead atoms. The van der Waals surface area contributed by atoms with Crippen LogP contribution in [0.4, 0.5) is 0 Å². The molecule has 3 aromatic carbocycles. The molecule has 156 valence electrons. The van der Waals surface area contributed by atoms with E-state index >= 15 is 0 Å². The predicted octanol–water partition coefficient (Wildman–Crippen LogP) is 4.76. The Balaban J connectivity index is 1.74. The van der Waals surface area contributed by atoms with E-state index in [0.717, 1.165) is 22.3 Å². The van der Waals surface area contributed by atoms with Crippen LogP contribution >= 0.6 is 0 Å². The van der Waals surface area contributed by atoms with Crippen molar-refractivity contribution < 1.29 is 23.4 Å². The van der Waals surface area contributed by atoms with Crippen molar-refractivity contribution in [2.45, 2.75) is 6.10 Å². The summed E-state index contributed by atoms with van der Waals surface area (Å²) in [7, 11) is 2.91. The number of rotatable bonds is 6. The molecule has 0 N–H and O–H groups in total. The molecule has 0 spiro atoms. The second-order valence-electron chi connectivity index (χ2n) is 6.80. The van der Waals surface area contributed by atoms with Crippen LogP contribution in [0.1, 0.15) is 11.7 Å². The molecule has 0 amide bonds. The summed E-state index contributed by atoms with van der Waals surface area (Å²) in [4.78, 5) is 24.5. The maximum Gasteiger partial charge on any atom is 0.351 e. The van der Waals surface area contributed by atoms with E-state index in [-0.39, 0.29) is 0 Å². The first-order valence-electron chi connectivity index (χ1n) is 9.61. The Bertz CT molecular complexity index is 1260. The zero-order valence-corrected chi connectivity index (χ0v) is 17.0. The lowest BCUT2D eigenvalue weighted by Gasteiger charge is -2.17. The summed E-state index contributed by atoms with van der Waals surface area (Å²) in [6, 6.07) is 23.0. The Labute approximate surface area is 178 Å². The summed E-state index contributed by atoms with van der Waals surface area (Å²) in [6.07, 6.45) is -0.944. The molecule has 4 aromatic rings. The second-order valence-corrected chi connectivity index (χ2v) is 6.80. The minimum atomic E-state index is -0.944. The summed E-state index contributed by atoms with van der Waals surface area (Å²) in [5.41, 5.74) is 2.11. The average molecular weight is 416 g/mol. The molecule has 0 fully saturated rings. The van der Waals surface area contributed by atoms with Gasteiger partial charge in [-0.05, 0) is 35.4 Å². The quantitative estimate of drug-likeness (QED) is 0.333. The van der Waals surface area contributed by atoms with Crippen LogP contribution in [0, 0.1) is 0 Å². The molecule has 0 aliphatic heterocycles. The van der Waals surface area contributed by atoms with Crippen molar-refractivity contribution in [3.05, 3.63) is 94.8 Å². The van der Waals surface area contributed by atoms with E-state index in [1.807, 2.05) is 42.5 Å². The van der Waals surface area contributed by atoms with Gasteiger partial charge < -0.3 is 18.6 Å². The minimum absolute atomic E-state index is 0.354. The maximum atomic E-state index is 12.3. The number of benzene rings is 3. The third-order valence-corrected chi connectivity index (χ3v) is 4.89. The van der Waals surface area contributed by atoms with E-state index in [1.165, 1.54) is 13.2 Å². The van der Waals surface area contributed by atoms with Crippen molar-refractivity contribution in [1.29, 1.82) is 0 Å². The number of hydrogen-bond donors (Lipinski definition) is 0. The van der Waals surface area contributed by atoms with E-state index in [2.05, 4.69) is 0 Å². The predicted molar refractivity (Wildman–Crippen MR) is 116 cm³/mol. The molecule has 4 rings (SSSR count). The molecular weight excluding hydrogens is 396 g/mol. The summed E-state index contributed by atoms with van der Waals surface area (Å²) in [6.45, 7) is 0. The fraction of sp³-hybridized carbons (Fsp3) is 0.120. The summed E-state index contributed by atoms with van der Waals surface area (Å²) >= 11 is 0. The molecule has 6 heteroatoms. The number of carbonyl (C=O) groups excluding carboxylic acids is 1. The van der Waals surface area contributed by atoms with Crippen molar-refractivity contribution >= 4 is 16.9 Å². The topological polar surface area (TPSA) is 75.0 Å². The molecule has 31 heavy (non-hydrogen) atoms.